The molecule has 0 saturated heterocycles. The second-order valence-electron chi connectivity index (χ2n) is 9.72. The summed E-state index contributed by atoms with van der Waals surface area (Å²) in [5, 5.41) is 0.524. The normalized spacial score (nSPS) is 14.4. The van der Waals surface area contributed by atoms with Gasteiger partial charge in [0, 0.05) is 10.6 Å². The molecule has 1 atom stereocenters. The van der Waals surface area contributed by atoms with Crippen LogP contribution in [0.15, 0.2) is 88.2 Å². The van der Waals surface area contributed by atoms with Crippen molar-refractivity contribution >= 4 is 46.6 Å². The Kier molecular flexibility index (Phi) is 10.2. The van der Waals surface area contributed by atoms with Crippen molar-refractivity contribution in [3.63, 3.8) is 0 Å². The predicted molar refractivity (Wildman–Crippen MR) is 172 cm³/mol. The Labute approximate surface area is 268 Å². The van der Waals surface area contributed by atoms with Crippen LogP contribution < -0.4 is 24.4 Å². The van der Waals surface area contributed by atoms with Crippen molar-refractivity contribution in [2.45, 2.75) is 26.8 Å². The fraction of sp³-hybridized carbons (Fsp3) is 0.235. The molecule has 4 aromatic rings. The minimum absolute atomic E-state index is 0.157. The van der Waals surface area contributed by atoms with E-state index in [0.29, 0.717) is 49.3 Å². The number of benzene rings is 3. The number of halogens is 1. The summed E-state index contributed by atoms with van der Waals surface area (Å²) in [4.78, 5) is 44.8. The van der Waals surface area contributed by atoms with Gasteiger partial charge in [0.15, 0.2) is 22.9 Å². The van der Waals surface area contributed by atoms with Crippen LogP contribution in [0.5, 0.6) is 11.5 Å². The van der Waals surface area contributed by atoms with Crippen LogP contribution in [0.1, 0.15) is 43.5 Å². The summed E-state index contributed by atoms with van der Waals surface area (Å²) in [6, 6.07) is 20.7. The summed E-state index contributed by atoms with van der Waals surface area (Å²) in [5.74, 6) is -0.261. The lowest BCUT2D eigenvalue weighted by Crippen LogP contribution is -2.40. The highest BCUT2D eigenvalue weighted by Gasteiger charge is 2.35. The second-order valence-corrected chi connectivity index (χ2v) is 11.2. The third-order valence-electron chi connectivity index (χ3n) is 6.78. The van der Waals surface area contributed by atoms with Gasteiger partial charge in [0.05, 0.1) is 41.7 Å². The summed E-state index contributed by atoms with van der Waals surface area (Å²) in [5.41, 5.74) is 2.43. The molecular formula is C34H31ClN2O7S. The van der Waals surface area contributed by atoms with Crippen LogP contribution in [0, 0.1) is 0 Å². The van der Waals surface area contributed by atoms with Gasteiger partial charge >= 0.3 is 11.9 Å². The van der Waals surface area contributed by atoms with Crippen molar-refractivity contribution in [3.8, 4) is 11.5 Å². The van der Waals surface area contributed by atoms with Gasteiger partial charge in [-0.05, 0) is 62.2 Å². The molecule has 0 unspecified atom stereocenters. The molecule has 2 heterocycles. The van der Waals surface area contributed by atoms with Gasteiger partial charge in [0.1, 0.15) is 0 Å². The lowest BCUT2D eigenvalue weighted by molar-refractivity contribution is -0.145. The monoisotopic (exact) mass is 646 g/mol. The zero-order chi connectivity index (χ0) is 31.9. The number of nitrogens with zero attached hydrogens (tertiary/aromatic N) is 2. The van der Waals surface area contributed by atoms with E-state index >= 15 is 0 Å². The summed E-state index contributed by atoms with van der Waals surface area (Å²) >= 11 is 7.42. The first-order valence-corrected chi connectivity index (χ1v) is 15.6. The molecule has 232 valence electrons. The van der Waals surface area contributed by atoms with Gasteiger partial charge in [-0.2, -0.15) is 0 Å². The number of thiazole rings is 1. The third kappa shape index (κ3) is 7.02. The van der Waals surface area contributed by atoms with E-state index in [-0.39, 0.29) is 31.0 Å². The number of aromatic nitrogens is 1. The maximum atomic E-state index is 14.1. The van der Waals surface area contributed by atoms with E-state index in [4.69, 9.17) is 35.5 Å². The van der Waals surface area contributed by atoms with Crippen LogP contribution in [-0.2, 0) is 19.1 Å². The first-order valence-electron chi connectivity index (χ1n) is 14.4. The van der Waals surface area contributed by atoms with E-state index < -0.39 is 18.0 Å². The number of carbonyl (C=O) groups is 2. The zero-order valence-corrected chi connectivity index (χ0v) is 26.5. The Morgan fingerprint density at radius 3 is 2.33 bits per heavy atom. The molecule has 1 aliphatic rings. The number of hydrogen-bond donors (Lipinski definition) is 0. The fourth-order valence-corrected chi connectivity index (χ4v) is 6.02. The van der Waals surface area contributed by atoms with Crippen LogP contribution in [0.3, 0.4) is 0 Å². The quantitative estimate of drug-likeness (QED) is 0.213. The molecule has 0 N–H and O–H groups in total. The van der Waals surface area contributed by atoms with Crippen molar-refractivity contribution in [1.82, 2.24) is 4.57 Å². The maximum absolute atomic E-state index is 14.1. The van der Waals surface area contributed by atoms with Gasteiger partial charge in [-0.25, -0.2) is 14.6 Å². The minimum Gasteiger partial charge on any atom is -0.490 e. The zero-order valence-electron chi connectivity index (χ0n) is 24.9. The second kappa shape index (κ2) is 14.4. The van der Waals surface area contributed by atoms with E-state index in [1.54, 1.807) is 62.4 Å². The van der Waals surface area contributed by atoms with E-state index in [0.717, 1.165) is 5.56 Å². The minimum atomic E-state index is -0.812. The van der Waals surface area contributed by atoms with Crippen LogP contribution in [0.4, 0.5) is 0 Å². The number of fused-ring (bicyclic) bond motifs is 1. The number of ether oxygens (including phenoxy) is 4. The van der Waals surface area contributed by atoms with Gasteiger partial charge in [0.25, 0.3) is 5.56 Å². The van der Waals surface area contributed by atoms with Gasteiger partial charge in [-0.1, -0.05) is 71.5 Å². The lowest BCUT2D eigenvalue weighted by Gasteiger charge is -2.25. The maximum Gasteiger partial charge on any atom is 0.344 e. The first kappa shape index (κ1) is 31.7. The van der Waals surface area contributed by atoms with E-state index in [1.807, 2.05) is 37.3 Å². The molecule has 45 heavy (non-hydrogen) atoms. The number of hydrogen-bond acceptors (Lipinski definition) is 9. The van der Waals surface area contributed by atoms with Crippen molar-refractivity contribution in [2.24, 2.45) is 4.99 Å². The number of esters is 2. The molecule has 0 spiro atoms. The van der Waals surface area contributed by atoms with Crippen LogP contribution in [0.2, 0.25) is 5.02 Å². The van der Waals surface area contributed by atoms with Crippen molar-refractivity contribution < 1.29 is 28.5 Å². The largest absolute Gasteiger partial charge is 0.490 e. The van der Waals surface area contributed by atoms with Gasteiger partial charge < -0.3 is 18.9 Å². The summed E-state index contributed by atoms with van der Waals surface area (Å²) in [6.45, 7) is 5.80. The molecule has 5 rings (SSSR count). The molecule has 0 fully saturated rings. The van der Waals surface area contributed by atoms with Gasteiger partial charge in [-0.3, -0.25) is 9.36 Å². The van der Waals surface area contributed by atoms with Crippen LogP contribution in [-0.4, -0.2) is 42.9 Å². The van der Waals surface area contributed by atoms with Crippen LogP contribution >= 0.6 is 22.9 Å². The molecule has 1 aromatic heterocycles. The Balaban J connectivity index is 1.67. The fourth-order valence-electron chi connectivity index (χ4n) is 4.89. The number of rotatable bonds is 11. The standard InChI is InChI=1S/C34H31ClN2O7S/c1-4-41-26-18-21(12-17-25(26)44-20-28(38)42-5-2)19-27-32(39)37-31(23-13-15-24(35)16-14-23)29(33(40)43-6-3)30(36-34(37)45-27)22-10-8-7-9-11-22/h7-19,31H,4-6,20H2,1-3H3/b27-19-/t31-/m1/s1. The molecule has 3 aromatic carbocycles. The lowest BCUT2D eigenvalue weighted by atomic mass is 9.93. The van der Waals surface area contributed by atoms with Crippen LogP contribution in [0.25, 0.3) is 11.8 Å². The average Bonchev–Trinajstić information content (AvgIpc) is 3.35. The molecule has 0 radical (unpaired) electrons. The summed E-state index contributed by atoms with van der Waals surface area (Å²) in [6.07, 6.45) is 1.73. The summed E-state index contributed by atoms with van der Waals surface area (Å²) in [7, 11) is 0. The Bertz CT molecular complexity index is 1910. The Morgan fingerprint density at radius 2 is 1.64 bits per heavy atom. The van der Waals surface area contributed by atoms with Crippen molar-refractivity contribution in [2.75, 3.05) is 26.4 Å². The molecule has 11 heteroatoms. The first-order chi connectivity index (χ1) is 21.8. The topological polar surface area (TPSA) is 105 Å². The average molecular weight is 647 g/mol. The summed E-state index contributed by atoms with van der Waals surface area (Å²) < 4.78 is 23.8. The molecule has 0 saturated carbocycles. The van der Waals surface area contributed by atoms with Gasteiger partial charge in [0.2, 0.25) is 0 Å². The third-order valence-corrected chi connectivity index (χ3v) is 8.01. The van der Waals surface area contributed by atoms with Crippen molar-refractivity contribution in [1.29, 1.82) is 0 Å². The predicted octanol–water partition coefficient (Wildman–Crippen LogP) is 4.93. The number of carbonyl (C=O) groups excluding carboxylic acids is 2. The van der Waals surface area contributed by atoms with E-state index in [9.17, 15) is 14.4 Å². The molecule has 9 nitrogen and oxygen atoms in total. The Morgan fingerprint density at radius 1 is 0.911 bits per heavy atom. The molecular weight excluding hydrogens is 616 g/mol. The van der Waals surface area contributed by atoms with E-state index in [2.05, 4.69) is 0 Å². The van der Waals surface area contributed by atoms with E-state index in [1.165, 1.54) is 15.9 Å². The highest BCUT2D eigenvalue weighted by atomic mass is 35.5. The smallest absolute Gasteiger partial charge is 0.344 e. The SMILES string of the molecule is CCOC(=O)COc1ccc(/C=c2\sc3n(c2=O)[C@H](c2ccc(Cl)cc2)C(C(=O)OCC)=C(c2ccccc2)N=3)cc1OCC. The highest BCUT2D eigenvalue weighted by molar-refractivity contribution is 7.07. The highest BCUT2D eigenvalue weighted by Crippen LogP contribution is 2.35. The Hall–Kier alpha value is -4.67. The molecule has 1 aliphatic heterocycles. The molecule has 0 amide bonds. The molecule has 0 aliphatic carbocycles. The van der Waals surface area contributed by atoms with Crippen molar-refractivity contribution in [3.05, 3.63) is 120 Å². The molecule has 0 bridgehead atoms. The van der Waals surface area contributed by atoms with Gasteiger partial charge in [-0.15, -0.1) is 0 Å².